The van der Waals surface area contributed by atoms with Crippen LogP contribution in [0.3, 0.4) is 0 Å². The minimum Gasteiger partial charge on any atom is -0.550 e. The third kappa shape index (κ3) is 11.1. The minimum absolute atomic E-state index is 0. The first kappa shape index (κ1) is 27.8. The number of thioether (sulfide) groups is 2. The van der Waals surface area contributed by atoms with Gasteiger partial charge in [-0.1, -0.05) is 18.2 Å². The quantitative estimate of drug-likeness (QED) is 0.363. The predicted molar refractivity (Wildman–Crippen MR) is 86.2 cm³/mol. The molecule has 2 unspecified atom stereocenters. The Labute approximate surface area is 200 Å². The van der Waals surface area contributed by atoms with E-state index in [1.54, 1.807) is 24.3 Å². The molecule has 0 amide bonds. The van der Waals surface area contributed by atoms with Gasteiger partial charge in [-0.25, -0.2) is 0 Å². The molecular weight excluding hydrogens is 386 g/mol. The van der Waals surface area contributed by atoms with Crippen LogP contribution in [0.5, 0.6) is 5.75 Å². The van der Waals surface area contributed by atoms with E-state index < -0.39 is 23.3 Å². The Morgan fingerprint density at radius 1 is 1.20 bits per heavy atom. The molecule has 0 saturated heterocycles. The van der Waals surface area contributed by atoms with Crippen LogP contribution in [0, 0.1) is 0 Å². The molecule has 1 aromatic rings. The summed E-state index contributed by atoms with van der Waals surface area (Å²) in [7, 11) is 1.51. The Kier molecular flexibility index (Phi) is 17.4. The van der Waals surface area contributed by atoms with Crippen molar-refractivity contribution in [2.24, 2.45) is 0 Å². The molecule has 0 saturated carbocycles. The molecule has 1 aromatic carbocycles. The topological polar surface area (TPSA) is 110 Å². The van der Waals surface area contributed by atoms with E-state index >= 15 is 0 Å². The summed E-state index contributed by atoms with van der Waals surface area (Å²) in [5.41, 5.74) is 0.736. The van der Waals surface area contributed by atoms with Gasteiger partial charge in [0.1, 0.15) is 5.75 Å². The minimum atomic E-state index is -1.19. The second kappa shape index (κ2) is 15.7. The SMILES string of the molecule is COc1ccccc1C(SCCC(=O)[O-])C(O)CSCC(=O)[O-].[Na+].[Na+]. The number of carbonyl (C=O) groups excluding carboxylic acids is 2. The van der Waals surface area contributed by atoms with Gasteiger partial charge in [0, 0.05) is 23.0 Å². The van der Waals surface area contributed by atoms with Gasteiger partial charge in [-0.05, 0) is 18.2 Å². The van der Waals surface area contributed by atoms with E-state index in [0.717, 1.165) is 17.3 Å². The molecule has 0 fully saturated rings. The molecule has 0 aliphatic heterocycles. The predicted octanol–water partition coefficient (Wildman–Crippen LogP) is -6.54. The number of benzene rings is 1. The fourth-order valence-electron chi connectivity index (χ4n) is 1.93. The number of carboxylic acids is 2. The van der Waals surface area contributed by atoms with Crippen molar-refractivity contribution in [1.29, 1.82) is 0 Å². The third-order valence-corrected chi connectivity index (χ3v) is 5.29. The standard InChI is InChI=1S/C15H20O6S2.2Na/c1-21-12-5-3-2-4-10(12)15(23-7-6-13(17)18)11(16)8-22-9-14(19)20;;/h2-5,11,15-16H,6-9H2,1H3,(H,17,18)(H,19,20);;/q;2*+1/p-2. The number of aliphatic hydroxyl groups is 1. The van der Waals surface area contributed by atoms with Crippen LogP contribution in [0.4, 0.5) is 0 Å². The number of hydrogen-bond donors (Lipinski definition) is 1. The zero-order chi connectivity index (χ0) is 17.2. The van der Waals surface area contributed by atoms with E-state index in [1.807, 2.05) is 0 Å². The first-order chi connectivity index (χ1) is 11.0. The molecule has 0 bridgehead atoms. The van der Waals surface area contributed by atoms with Crippen LogP contribution >= 0.6 is 23.5 Å². The second-order valence-corrected chi connectivity index (χ2v) is 6.89. The molecule has 6 nitrogen and oxygen atoms in total. The summed E-state index contributed by atoms with van der Waals surface area (Å²) in [4.78, 5) is 21.0. The number of ether oxygens (including phenoxy) is 1. The maximum atomic E-state index is 10.6. The zero-order valence-corrected chi connectivity index (χ0v) is 20.2. The normalized spacial score (nSPS) is 12.2. The number of para-hydroxylation sites is 1. The van der Waals surface area contributed by atoms with Crippen molar-refractivity contribution in [3.8, 4) is 5.75 Å². The van der Waals surface area contributed by atoms with E-state index in [-0.39, 0.29) is 82.8 Å². The van der Waals surface area contributed by atoms with Gasteiger partial charge in [0.15, 0.2) is 0 Å². The summed E-state index contributed by atoms with van der Waals surface area (Å²) >= 11 is 2.32. The number of methoxy groups -OCH3 is 1. The number of hydrogen-bond acceptors (Lipinski definition) is 8. The summed E-state index contributed by atoms with van der Waals surface area (Å²) in [5.74, 6) is -1.51. The van der Waals surface area contributed by atoms with Crippen molar-refractivity contribution >= 4 is 35.5 Å². The van der Waals surface area contributed by atoms with Crippen molar-refractivity contribution in [2.75, 3.05) is 24.4 Å². The van der Waals surface area contributed by atoms with Crippen molar-refractivity contribution < 1.29 is 88.8 Å². The van der Waals surface area contributed by atoms with Crippen LogP contribution in [-0.2, 0) is 9.59 Å². The Morgan fingerprint density at radius 3 is 2.40 bits per heavy atom. The Hall–Kier alpha value is 0.620. The Bertz CT molecular complexity index is 532. The van der Waals surface area contributed by atoms with Crippen LogP contribution in [-0.4, -0.2) is 47.5 Å². The van der Waals surface area contributed by atoms with Gasteiger partial charge in [-0.2, -0.15) is 23.5 Å². The molecule has 0 radical (unpaired) electrons. The van der Waals surface area contributed by atoms with Crippen LogP contribution in [0.2, 0.25) is 0 Å². The van der Waals surface area contributed by atoms with E-state index in [4.69, 9.17) is 4.74 Å². The first-order valence-electron chi connectivity index (χ1n) is 6.85. The van der Waals surface area contributed by atoms with E-state index in [1.165, 1.54) is 18.9 Å². The monoisotopic (exact) mass is 404 g/mol. The molecule has 10 heteroatoms. The average molecular weight is 404 g/mol. The van der Waals surface area contributed by atoms with Crippen LogP contribution < -0.4 is 74.1 Å². The van der Waals surface area contributed by atoms with Crippen LogP contribution in [0.1, 0.15) is 17.2 Å². The molecular formula is C15H18Na2O6S2. The van der Waals surface area contributed by atoms with Crippen molar-refractivity contribution in [3.05, 3.63) is 29.8 Å². The smallest absolute Gasteiger partial charge is 0.550 e. The van der Waals surface area contributed by atoms with Crippen LogP contribution in [0.15, 0.2) is 24.3 Å². The van der Waals surface area contributed by atoms with Crippen molar-refractivity contribution in [1.82, 2.24) is 0 Å². The van der Waals surface area contributed by atoms with Gasteiger partial charge in [0.25, 0.3) is 0 Å². The Morgan fingerprint density at radius 2 is 1.84 bits per heavy atom. The largest absolute Gasteiger partial charge is 1.00 e. The van der Waals surface area contributed by atoms with Gasteiger partial charge in [0.2, 0.25) is 0 Å². The number of aliphatic hydroxyl groups excluding tert-OH is 1. The summed E-state index contributed by atoms with van der Waals surface area (Å²) in [6.45, 7) is 0. The van der Waals surface area contributed by atoms with E-state index in [2.05, 4.69) is 0 Å². The van der Waals surface area contributed by atoms with Crippen molar-refractivity contribution in [2.45, 2.75) is 17.8 Å². The zero-order valence-electron chi connectivity index (χ0n) is 14.6. The fraction of sp³-hybridized carbons (Fsp3) is 0.467. The summed E-state index contributed by atoms with van der Waals surface area (Å²) in [6.07, 6.45) is -0.989. The summed E-state index contributed by atoms with van der Waals surface area (Å²) in [5, 5.41) is 31.0. The average Bonchev–Trinajstić information content (AvgIpc) is 2.51. The van der Waals surface area contributed by atoms with Gasteiger partial charge >= 0.3 is 59.1 Å². The maximum absolute atomic E-state index is 10.6. The maximum Gasteiger partial charge on any atom is 1.00 e. The first-order valence-corrected chi connectivity index (χ1v) is 9.06. The molecule has 0 spiro atoms. The van der Waals surface area contributed by atoms with Gasteiger partial charge in [0.05, 0.1) is 24.4 Å². The van der Waals surface area contributed by atoms with Gasteiger partial charge < -0.3 is 29.6 Å². The summed E-state index contributed by atoms with van der Waals surface area (Å²) in [6, 6.07) is 7.14. The van der Waals surface area contributed by atoms with Gasteiger partial charge in [-0.3, -0.25) is 0 Å². The van der Waals surface area contributed by atoms with E-state index in [0.29, 0.717) is 5.75 Å². The Balaban J connectivity index is 0. The number of carbonyl (C=O) groups is 2. The van der Waals surface area contributed by atoms with Gasteiger partial charge in [-0.15, -0.1) is 0 Å². The summed E-state index contributed by atoms with van der Waals surface area (Å²) < 4.78 is 5.28. The molecule has 1 rings (SSSR count). The molecule has 0 aromatic heterocycles. The molecule has 0 heterocycles. The second-order valence-electron chi connectivity index (χ2n) is 4.61. The molecule has 1 N–H and O–H groups in total. The molecule has 25 heavy (non-hydrogen) atoms. The molecule has 128 valence electrons. The fourth-order valence-corrected chi connectivity index (χ4v) is 4.00. The molecule has 2 atom stereocenters. The molecule has 0 aliphatic rings. The van der Waals surface area contributed by atoms with Crippen molar-refractivity contribution in [3.63, 3.8) is 0 Å². The number of rotatable bonds is 11. The van der Waals surface area contributed by atoms with E-state index in [9.17, 15) is 24.9 Å². The third-order valence-electron chi connectivity index (χ3n) is 2.91. The number of carboxylic acid groups (broad SMARTS) is 2. The molecule has 0 aliphatic carbocycles. The number of aliphatic carboxylic acids is 2. The van der Waals surface area contributed by atoms with Crippen LogP contribution in [0.25, 0.3) is 0 Å².